The summed E-state index contributed by atoms with van der Waals surface area (Å²) in [7, 11) is 0. The topological polar surface area (TPSA) is 43.6 Å². The Morgan fingerprint density at radius 3 is 2.18 bits per heavy atom. The average Bonchev–Trinajstić information content (AvgIpc) is 2.59. The van der Waals surface area contributed by atoms with Crippen LogP contribution in [0.3, 0.4) is 0 Å². The molecule has 10 heteroatoms. The highest BCUT2D eigenvalue weighted by molar-refractivity contribution is 5.46. The van der Waals surface area contributed by atoms with Crippen LogP contribution in [0.1, 0.15) is 22.4 Å². The standard InChI is InChI=1S/C18H12F6N2O2/c1-10-3-2-4-26-15(27)8-13(25-16(10)26)9-28-14-6-11(17(19,20)21)5-12(7-14)18(22,23)24/h2-8H,9H2,1H3. The first kappa shape index (κ1) is 19.7. The Hall–Kier alpha value is -3.04. The molecule has 0 bridgehead atoms. The highest BCUT2D eigenvalue weighted by Crippen LogP contribution is 2.38. The summed E-state index contributed by atoms with van der Waals surface area (Å²) < 4.78 is 83.7. The maximum Gasteiger partial charge on any atom is 0.416 e. The van der Waals surface area contributed by atoms with Crippen LogP contribution in [0.2, 0.25) is 0 Å². The van der Waals surface area contributed by atoms with Gasteiger partial charge in [-0.05, 0) is 36.8 Å². The molecule has 3 aromatic rings. The zero-order chi connectivity index (χ0) is 20.7. The molecular weight excluding hydrogens is 390 g/mol. The molecule has 0 unspecified atom stereocenters. The van der Waals surface area contributed by atoms with Crippen LogP contribution in [-0.2, 0) is 19.0 Å². The lowest BCUT2D eigenvalue weighted by Crippen LogP contribution is -2.17. The van der Waals surface area contributed by atoms with E-state index in [9.17, 15) is 31.1 Å². The molecular formula is C18H12F6N2O2. The summed E-state index contributed by atoms with van der Waals surface area (Å²) in [4.78, 5) is 16.3. The highest BCUT2D eigenvalue weighted by atomic mass is 19.4. The van der Waals surface area contributed by atoms with Gasteiger partial charge in [0.1, 0.15) is 18.0 Å². The molecule has 1 aromatic carbocycles. The quantitative estimate of drug-likeness (QED) is 0.601. The number of ether oxygens (including phenoxy) is 1. The van der Waals surface area contributed by atoms with Gasteiger partial charge in [0.05, 0.1) is 16.8 Å². The van der Waals surface area contributed by atoms with Crippen LogP contribution in [0.5, 0.6) is 5.75 Å². The van der Waals surface area contributed by atoms with Crippen molar-refractivity contribution >= 4 is 5.65 Å². The summed E-state index contributed by atoms with van der Waals surface area (Å²) in [5.74, 6) is -0.631. The molecule has 0 spiro atoms. The van der Waals surface area contributed by atoms with Crippen LogP contribution < -0.4 is 10.3 Å². The highest BCUT2D eigenvalue weighted by Gasteiger charge is 2.37. The number of alkyl halides is 6. The van der Waals surface area contributed by atoms with Gasteiger partial charge in [0.25, 0.3) is 5.56 Å². The van der Waals surface area contributed by atoms with Gasteiger partial charge in [-0.3, -0.25) is 9.20 Å². The third kappa shape index (κ3) is 4.10. The number of halogens is 6. The molecule has 0 amide bonds. The Morgan fingerprint density at radius 1 is 1.00 bits per heavy atom. The number of rotatable bonds is 3. The molecule has 0 N–H and O–H groups in total. The van der Waals surface area contributed by atoms with Crippen molar-refractivity contribution in [1.29, 1.82) is 0 Å². The lowest BCUT2D eigenvalue weighted by atomic mass is 10.1. The molecule has 0 saturated carbocycles. The fourth-order valence-corrected chi connectivity index (χ4v) is 2.55. The fourth-order valence-electron chi connectivity index (χ4n) is 2.55. The van der Waals surface area contributed by atoms with E-state index in [0.29, 0.717) is 23.3 Å². The van der Waals surface area contributed by atoms with Crippen LogP contribution in [-0.4, -0.2) is 9.38 Å². The molecule has 0 aliphatic rings. The van der Waals surface area contributed by atoms with Crippen molar-refractivity contribution in [1.82, 2.24) is 9.38 Å². The Bertz CT molecular complexity index is 1050. The van der Waals surface area contributed by atoms with Crippen molar-refractivity contribution in [2.75, 3.05) is 0 Å². The molecule has 0 aliphatic carbocycles. The van der Waals surface area contributed by atoms with Gasteiger partial charge in [0.15, 0.2) is 0 Å². The molecule has 0 fully saturated rings. The number of pyridine rings is 1. The third-order valence-corrected chi connectivity index (χ3v) is 3.89. The van der Waals surface area contributed by atoms with E-state index in [1.165, 1.54) is 10.6 Å². The predicted molar refractivity (Wildman–Crippen MR) is 87.0 cm³/mol. The summed E-state index contributed by atoms with van der Waals surface area (Å²) in [5.41, 5.74) is -2.37. The second-order valence-electron chi connectivity index (χ2n) is 6.00. The number of aromatic nitrogens is 2. The molecule has 0 saturated heterocycles. The predicted octanol–water partition coefficient (Wildman–Crippen LogP) is 4.62. The molecule has 0 atom stereocenters. The Balaban J connectivity index is 1.95. The van der Waals surface area contributed by atoms with Gasteiger partial charge < -0.3 is 4.74 Å². The summed E-state index contributed by atoms with van der Waals surface area (Å²) in [6.45, 7) is 1.23. The molecule has 28 heavy (non-hydrogen) atoms. The maximum atomic E-state index is 12.9. The summed E-state index contributed by atoms with van der Waals surface area (Å²) in [5, 5.41) is 0. The van der Waals surface area contributed by atoms with Crippen LogP contribution >= 0.6 is 0 Å². The van der Waals surface area contributed by atoms with Crippen molar-refractivity contribution in [3.8, 4) is 5.75 Å². The van der Waals surface area contributed by atoms with Crippen molar-refractivity contribution in [2.24, 2.45) is 0 Å². The van der Waals surface area contributed by atoms with Gasteiger partial charge in [-0.25, -0.2) is 4.98 Å². The Morgan fingerprint density at radius 2 is 1.61 bits per heavy atom. The number of hydrogen-bond acceptors (Lipinski definition) is 3. The summed E-state index contributed by atoms with van der Waals surface area (Å²) in [6, 6.07) is 5.39. The second-order valence-corrected chi connectivity index (χ2v) is 6.00. The van der Waals surface area contributed by atoms with E-state index >= 15 is 0 Å². The molecule has 2 heterocycles. The fraction of sp³-hybridized carbons (Fsp3) is 0.222. The van der Waals surface area contributed by atoms with Crippen molar-refractivity contribution in [3.05, 3.63) is 75.3 Å². The Labute approximate surface area is 154 Å². The van der Waals surface area contributed by atoms with E-state index < -0.39 is 41.4 Å². The van der Waals surface area contributed by atoms with Crippen LogP contribution in [0.15, 0.2) is 47.4 Å². The largest absolute Gasteiger partial charge is 0.487 e. The van der Waals surface area contributed by atoms with Crippen LogP contribution in [0.25, 0.3) is 5.65 Å². The minimum absolute atomic E-state index is 0.0108. The molecule has 148 valence electrons. The monoisotopic (exact) mass is 402 g/mol. The van der Waals surface area contributed by atoms with Gasteiger partial charge in [-0.2, -0.15) is 26.3 Å². The summed E-state index contributed by atoms with van der Waals surface area (Å²) >= 11 is 0. The van der Waals surface area contributed by atoms with E-state index in [0.717, 1.165) is 6.07 Å². The van der Waals surface area contributed by atoms with E-state index in [1.54, 1.807) is 19.1 Å². The first-order valence-electron chi connectivity index (χ1n) is 7.85. The zero-order valence-corrected chi connectivity index (χ0v) is 14.2. The zero-order valence-electron chi connectivity index (χ0n) is 14.2. The lowest BCUT2D eigenvalue weighted by molar-refractivity contribution is -0.143. The SMILES string of the molecule is Cc1cccn2c(=O)cc(COc3cc(C(F)(F)F)cc(C(F)(F)F)c3)nc12. The van der Waals surface area contributed by atoms with Gasteiger partial charge in [-0.1, -0.05) is 6.07 Å². The number of fused-ring (bicyclic) bond motifs is 1. The number of hydrogen-bond donors (Lipinski definition) is 0. The van der Waals surface area contributed by atoms with Gasteiger partial charge in [0, 0.05) is 12.3 Å². The normalized spacial score (nSPS) is 12.4. The average molecular weight is 402 g/mol. The molecule has 0 radical (unpaired) electrons. The van der Waals surface area contributed by atoms with Gasteiger partial charge in [-0.15, -0.1) is 0 Å². The van der Waals surface area contributed by atoms with E-state index in [2.05, 4.69) is 4.98 Å². The van der Waals surface area contributed by atoms with Crippen molar-refractivity contribution in [2.45, 2.75) is 25.9 Å². The number of benzene rings is 1. The maximum absolute atomic E-state index is 12.9. The summed E-state index contributed by atoms with van der Waals surface area (Å²) in [6.07, 6.45) is -8.46. The smallest absolute Gasteiger partial charge is 0.416 e. The van der Waals surface area contributed by atoms with Gasteiger partial charge in [0.2, 0.25) is 0 Å². The van der Waals surface area contributed by atoms with E-state index in [4.69, 9.17) is 4.74 Å². The van der Waals surface area contributed by atoms with E-state index in [1.807, 2.05) is 0 Å². The molecule has 2 aromatic heterocycles. The first-order chi connectivity index (χ1) is 12.9. The number of nitrogens with zero attached hydrogens (tertiary/aromatic N) is 2. The Kier molecular flexibility index (Phi) is 4.82. The minimum atomic E-state index is -4.98. The van der Waals surface area contributed by atoms with Crippen molar-refractivity contribution < 1.29 is 31.1 Å². The molecule has 0 aliphatic heterocycles. The molecule has 4 nitrogen and oxygen atoms in total. The third-order valence-electron chi connectivity index (χ3n) is 3.89. The molecule has 3 rings (SSSR count). The van der Waals surface area contributed by atoms with Crippen LogP contribution in [0.4, 0.5) is 26.3 Å². The second kappa shape index (κ2) is 6.84. The first-order valence-corrected chi connectivity index (χ1v) is 7.85. The number of aryl methyl sites for hydroxylation is 1. The van der Waals surface area contributed by atoms with E-state index in [-0.39, 0.29) is 11.8 Å². The lowest BCUT2D eigenvalue weighted by Gasteiger charge is -2.15. The van der Waals surface area contributed by atoms with Crippen LogP contribution in [0, 0.1) is 6.92 Å². The van der Waals surface area contributed by atoms with Crippen molar-refractivity contribution in [3.63, 3.8) is 0 Å². The van der Waals surface area contributed by atoms with Gasteiger partial charge >= 0.3 is 12.4 Å². The minimum Gasteiger partial charge on any atom is -0.487 e.